The fourth-order valence-electron chi connectivity index (χ4n) is 2.08. The summed E-state index contributed by atoms with van der Waals surface area (Å²) >= 11 is 0. The number of nitrogens with one attached hydrogen (secondary N) is 2. The lowest BCUT2D eigenvalue weighted by molar-refractivity contribution is 0.317. The van der Waals surface area contributed by atoms with Crippen LogP contribution in [-0.4, -0.2) is 25.7 Å². The van der Waals surface area contributed by atoms with Gasteiger partial charge < -0.3 is 15.4 Å². The summed E-state index contributed by atoms with van der Waals surface area (Å²) in [6.45, 7) is 5.13. The average Bonchev–Trinajstić information content (AvgIpc) is 2.39. The van der Waals surface area contributed by atoms with Crippen LogP contribution in [0.5, 0.6) is 5.75 Å². The summed E-state index contributed by atoms with van der Waals surface area (Å²) in [5.41, 5.74) is 1.18. The molecule has 0 saturated carbocycles. The van der Waals surface area contributed by atoms with Gasteiger partial charge in [0.05, 0.1) is 6.61 Å². The maximum atomic E-state index is 5.56. The molecule has 0 aliphatic carbocycles. The van der Waals surface area contributed by atoms with Crippen molar-refractivity contribution in [2.45, 2.75) is 32.2 Å². The number of rotatable bonds is 5. The van der Waals surface area contributed by atoms with Crippen molar-refractivity contribution in [1.29, 1.82) is 0 Å². The number of hydrogen-bond acceptors (Lipinski definition) is 3. The molecule has 0 amide bonds. The lowest BCUT2D eigenvalue weighted by atomic mass is 10.1. The van der Waals surface area contributed by atoms with Gasteiger partial charge in [0.1, 0.15) is 5.75 Å². The molecule has 1 saturated heterocycles. The molecule has 1 fully saturated rings. The van der Waals surface area contributed by atoms with Crippen molar-refractivity contribution >= 4 is 5.69 Å². The molecule has 1 unspecified atom stereocenters. The Hall–Kier alpha value is -1.22. The van der Waals surface area contributed by atoms with E-state index in [4.69, 9.17) is 4.74 Å². The zero-order chi connectivity index (χ0) is 11.9. The fourth-order valence-corrected chi connectivity index (χ4v) is 2.08. The van der Waals surface area contributed by atoms with Crippen LogP contribution in [0.15, 0.2) is 24.3 Å². The Bertz CT molecular complexity index is 317. The topological polar surface area (TPSA) is 33.3 Å². The van der Waals surface area contributed by atoms with E-state index in [0.717, 1.165) is 31.9 Å². The molecule has 3 heteroatoms. The molecule has 0 aromatic heterocycles. The van der Waals surface area contributed by atoms with Crippen molar-refractivity contribution in [3.8, 4) is 5.75 Å². The molecule has 2 rings (SSSR count). The van der Waals surface area contributed by atoms with Gasteiger partial charge in [0, 0.05) is 18.3 Å². The smallest absolute Gasteiger partial charge is 0.119 e. The first-order valence-electron chi connectivity index (χ1n) is 6.58. The molecule has 1 atom stereocenters. The van der Waals surface area contributed by atoms with Gasteiger partial charge in [-0.05, 0) is 50.1 Å². The minimum Gasteiger partial charge on any atom is -0.494 e. The van der Waals surface area contributed by atoms with E-state index >= 15 is 0 Å². The normalized spacial score (nSPS) is 19.9. The van der Waals surface area contributed by atoms with Crippen LogP contribution in [-0.2, 0) is 0 Å². The molecule has 1 aromatic rings. The van der Waals surface area contributed by atoms with Gasteiger partial charge in [-0.25, -0.2) is 0 Å². The van der Waals surface area contributed by atoms with Crippen molar-refractivity contribution in [3.63, 3.8) is 0 Å². The second-order valence-electron chi connectivity index (χ2n) is 4.56. The summed E-state index contributed by atoms with van der Waals surface area (Å²) in [5.74, 6) is 0.958. The van der Waals surface area contributed by atoms with Crippen molar-refractivity contribution in [2.24, 2.45) is 0 Å². The Kier molecular flexibility index (Phi) is 4.68. The quantitative estimate of drug-likeness (QED) is 0.821. The molecule has 1 aromatic carbocycles. The van der Waals surface area contributed by atoms with E-state index in [1.807, 2.05) is 12.1 Å². The predicted molar refractivity (Wildman–Crippen MR) is 71.7 cm³/mol. The summed E-state index contributed by atoms with van der Waals surface area (Å²) in [4.78, 5) is 0. The van der Waals surface area contributed by atoms with Crippen LogP contribution in [0, 0.1) is 0 Å². The van der Waals surface area contributed by atoms with Gasteiger partial charge in [-0.2, -0.15) is 0 Å². The number of piperidine rings is 1. The Balaban J connectivity index is 1.84. The van der Waals surface area contributed by atoms with E-state index < -0.39 is 0 Å². The number of benzene rings is 1. The Labute approximate surface area is 104 Å². The largest absolute Gasteiger partial charge is 0.494 e. The first-order valence-corrected chi connectivity index (χ1v) is 6.58. The van der Waals surface area contributed by atoms with Crippen LogP contribution in [0.3, 0.4) is 0 Å². The summed E-state index contributed by atoms with van der Waals surface area (Å²) in [6.07, 6.45) is 3.56. The summed E-state index contributed by atoms with van der Waals surface area (Å²) < 4.78 is 5.56. The van der Waals surface area contributed by atoms with Gasteiger partial charge in [-0.3, -0.25) is 0 Å². The van der Waals surface area contributed by atoms with Crippen molar-refractivity contribution in [1.82, 2.24) is 5.32 Å². The van der Waals surface area contributed by atoms with E-state index in [1.165, 1.54) is 18.5 Å². The average molecular weight is 234 g/mol. The molecule has 0 bridgehead atoms. The van der Waals surface area contributed by atoms with Gasteiger partial charge in [-0.1, -0.05) is 6.92 Å². The van der Waals surface area contributed by atoms with Gasteiger partial charge in [0.15, 0.2) is 0 Å². The van der Waals surface area contributed by atoms with Crippen molar-refractivity contribution < 1.29 is 4.74 Å². The predicted octanol–water partition coefficient (Wildman–Crippen LogP) is 2.64. The number of anilines is 1. The lowest BCUT2D eigenvalue weighted by Gasteiger charge is -2.24. The van der Waals surface area contributed by atoms with Gasteiger partial charge >= 0.3 is 0 Å². The molecule has 1 aliphatic rings. The van der Waals surface area contributed by atoms with Crippen molar-refractivity contribution in [2.75, 3.05) is 25.0 Å². The summed E-state index contributed by atoms with van der Waals surface area (Å²) in [5, 5.41) is 6.95. The molecule has 0 radical (unpaired) electrons. The molecule has 3 nitrogen and oxygen atoms in total. The minimum absolute atomic E-state index is 0.561. The zero-order valence-corrected chi connectivity index (χ0v) is 10.5. The highest BCUT2D eigenvalue weighted by molar-refractivity contribution is 5.47. The third-order valence-electron chi connectivity index (χ3n) is 2.99. The lowest BCUT2D eigenvalue weighted by Crippen LogP contribution is -2.38. The molecule has 1 aliphatic heterocycles. The molecular weight excluding hydrogens is 212 g/mol. The van der Waals surface area contributed by atoms with E-state index in [-0.39, 0.29) is 0 Å². The second kappa shape index (κ2) is 6.50. The van der Waals surface area contributed by atoms with Crippen LogP contribution < -0.4 is 15.4 Å². The van der Waals surface area contributed by atoms with Crippen LogP contribution >= 0.6 is 0 Å². The van der Waals surface area contributed by atoms with E-state index in [0.29, 0.717) is 6.04 Å². The molecule has 94 valence electrons. The molecule has 0 spiro atoms. The molecule has 17 heavy (non-hydrogen) atoms. The van der Waals surface area contributed by atoms with Crippen molar-refractivity contribution in [3.05, 3.63) is 24.3 Å². The standard InChI is InChI=1S/C14H22N2O/c1-2-10-17-14-7-5-12(6-8-14)16-13-4-3-9-15-11-13/h5-8,13,15-16H,2-4,9-11H2,1H3. The maximum absolute atomic E-state index is 5.56. The monoisotopic (exact) mass is 234 g/mol. The van der Waals surface area contributed by atoms with Gasteiger partial charge in [-0.15, -0.1) is 0 Å². The molecular formula is C14H22N2O. The summed E-state index contributed by atoms with van der Waals surface area (Å²) in [7, 11) is 0. The van der Waals surface area contributed by atoms with Gasteiger partial charge in [0.25, 0.3) is 0 Å². The third-order valence-corrected chi connectivity index (χ3v) is 2.99. The summed E-state index contributed by atoms with van der Waals surface area (Å²) in [6, 6.07) is 8.83. The first-order chi connectivity index (χ1) is 8.38. The highest BCUT2D eigenvalue weighted by Crippen LogP contribution is 2.17. The van der Waals surface area contributed by atoms with Crippen LogP contribution in [0.4, 0.5) is 5.69 Å². The maximum Gasteiger partial charge on any atom is 0.119 e. The Morgan fingerprint density at radius 2 is 2.18 bits per heavy atom. The molecule has 2 N–H and O–H groups in total. The van der Waals surface area contributed by atoms with E-state index in [2.05, 4.69) is 29.7 Å². The van der Waals surface area contributed by atoms with Gasteiger partial charge in [0.2, 0.25) is 0 Å². The first kappa shape index (κ1) is 12.2. The SMILES string of the molecule is CCCOc1ccc(NC2CCCNC2)cc1. The highest BCUT2D eigenvalue weighted by atomic mass is 16.5. The highest BCUT2D eigenvalue weighted by Gasteiger charge is 2.11. The Morgan fingerprint density at radius 3 is 2.82 bits per heavy atom. The Morgan fingerprint density at radius 1 is 1.35 bits per heavy atom. The minimum atomic E-state index is 0.561. The molecule has 1 heterocycles. The van der Waals surface area contributed by atoms with E-state index in [1.54, 1.807) is 0 Å². The third kappa shape index (κ3) is 3.93. The zero-order valence-electron chi connectivity index (χ0n) is 10.5. The second-order valence-corrected chi connectivity index (χ2v) is 4.56. The fraction of sp³-hybridized carbons (Fsp3) is 0.571. The number of ether oxygens (including phenoxy) is 1. The van der Waals surface area contributed by atoms with Crippen LogP contribution in [0.2, 0.25) is 0 Å². The number of hydrogen-bond donors (Lipinski definition) is 2. The van der Waals surface area contributed by atoms with Crippen LogP contribution in [0.25, 0.3) is 0 Å². The van der Waals surface area contributed by atoms with Crippen LogP contribution in [0.1, 0.15) is 26.2 Å². The van der Waals surface area contributed by atoms with E-state index in [9.17, 15) is 0 Å².